The maximum atomic E-state index is 12.1. The van der Waals surface area contributed by atoms with E-state index in [4.69, 9.17) is 17.0 Å². The molecule has 2 atom stereocenters. The summed E-state index contributed by atoms with van der Waals surface area (Å²) in [4.78, 5) is 29.8. The zero-order valence-electron chi connectivity index (χ0n) is 21.3. The van der Waals surface area contributed by atoms with Crippen molar-refractivity contribution in [1.29, 1.82) is 0 Å². The predicted octanol–water partition coefficient (Wildman–Crippen LogP) is 4.85. The number of benzene rings is 2. The molecule has 0 unspecified atom stereocenters. The highest BCUT2D eigenvalue weighted by Gasteiger charge is 2.42. The minimum Gasteiger partial charge on any atom is -0.375 e. The van der Waals surface area contributed by atoms with E-state index in [1.54, 1.807) is 18.3 Å². The Kier molecular flexibility index (Phi) is 7.35. The molecule has 5 rings (SSSR count). The zero-order valence-corrected chi connectivity index (χ0v) is 22.1. The van der Waals surface area contributed by atoms with Gasteiger partial charge in [-0.1, -0.05) is 12.1 Å². The van der Waals surface area contributed by atoms with Crippen molar-refractivity contribution in [3.05, 3.63) is 112 Å². The predicted molar refractivity (Wildman–Crippen MR) is 152 cm³/mol. The average molecular weight is 543 g/mol. The highest BCUT2D eigenvalue weighted by atomic mass is 32.1. The number of methoxy groups -OCH3 is 1. The Morgan fingerprint density at radius 1 is 1.13 bits per heavy atom. The van der Waals surface area contributed by atoms with Crippen LogP contribution < -0.4 is 15.5 Å². The van der Waals surface area contributed by atoms with Crippen LogP contribution in [0.4, 0.5) is 17.1 Å². The van der Waals surface area contributed by atoms with Crippen LogP contribution in [0, 0.1) is 17.0 Å². The standard InChI is InChI=1S/C28H26N6O4S/c1-18-15-20(11-12-22(18)30-25(35)17-38-2)33-27(26(31-28(33)39)23-9-3-4-13-29-23)24-10-6-14-32(24)19-7-5-8-21(16-19)34(36)37/h3-16,26-27H,17H2,1-2H3,(H,30,35)(H,31,39)/t26-,27-/m0/s1. The number of ether oxygens (including phenoxy) is 1. The van der Waals surface area contributed by atoms with Crippen molar-refractivity contribution < 1.29 is 14.5 Å². The molecule has 1 saturated heterocycles. The fourth-order valence-corrected chi connectivity index (χ4v) is 5.16. The van der Waals surface area contributed by atoms with E-state index < -0.39 is 4.92 Å². The monoisotopic (exact) mass is 542 g/mol. The number of hydrogen-bond donors (Lipinski definition) is 2. The van der Waals surface area contributed by atoms with E-state index in [0.717, 1.165) is 22.6 Å². The Hall–Kier alpha value is -4.61. The molecule has 0 aliphatic carbocycles. The van der Waals surface area contributed by atoms with E-state index >= 15 is 0 Å². The Morgan fingerprint density at radius 3 is 2.69 bits per heavy atom. The first-order valence-electron chi connectivity index (χ1n) is 12.2. The number of hydrogen-bond acceptors (Lipinski definition) is 6. The first-order chi connectivity index (χ1) is 18.9. The van der Waals surface area contributed by atoms with Crippen molar-refractivity contribution in [3.8, 4) is 5.69 Å². The largest absolute Gasteiger partial charge is 0.375 e. The number of pyridine rings is 1. The number of amides is 1. The lowest BCUT2D eigenvalue weighted by Crippen LogP contribution is -2.30. The third-order valence-corrected chi connectivity index (χ3v) is 6.85. The molecule has 2 aromatic heterocycles. The molecular formula is C28H26N6O4S. The molecule has 198 valence electrons. The number of nitrogens with zero attached hydrogens (tertiary/aromatic N) is 4. The van der Waals surface area contributed by atoms with E-state index in [-0.39, 0.29) is 30.3 Å². The van der Waals surface area contributed by atoms with E-state index in [0.29, 0.717) is 16.5 Å². The third kappa shape index (κ3) is 5.22. The van der Waals surface area contributed by atoms with E-state index in [9.17, 15) is 14.9 Å². The summed E-state index contributed by atoms with van der Waals surface area (Å²) in [6.45, 7) is 1.87. The fraction of sp³-hybridized carbons (Fsp3) is 0.179. The van der Waals surface area contributed by atoms with E-state index in [1.807, 2.05) is 77.2 Å². The van der Waals surface area contributed by atoms with Gasteiger partial charge < -0.3 is 24.8 Å². The summed E-state index contributed by atoms with van der Waals surface area (Å²) in [6.07, 6.45) is 3.62. The lowest BCUT2D eigenvalue weighted by molar-refractivity contribution is -0.384. The number of nitro groups is 1. The van der Waals surface area contributed by atoms with Gasteiger partial charge in [0.1, 0.15) is 12.6 Å². The van der Waals surface area contributed by atoms with Crippen LogP contribution in [-0.2, 0) is 9.53 Å². The summed E-state index contributed by atoms with van der Waals surface area (Å²) in [5.41, 5.74) is 4.70. The third-order valence-electron chi connectivity index (χ3n) is 6.54. The number of thiocarbonyl (C=S) groups is 1. The Morgan fingerprint density at radius 2 is 1.97 bits per heavy atom. The molecule has 4 aromatic rings. The molecule has 10 nitrogen and oxygen atoms in total. The Bertz CT molecular complexity index is 1540. The molecule has 1 fully saturated rings. The average Bonchev–Trinajstić information content (AvgIpc) is 3.55. The van der Waals surface area contributed by atoms with Gasteiger partial charge in [0.25, 0.3) is 5.69 Å². The lowest BCUT2D eigenvalue weighted by Gasteiger charge is -2.29. The summed E-state index contributed by atoms with van der Waals surface area (Å²) in [7, 11) is 1.47. The van der Waals surface area contributed by atoms with Crippen LogP contribution in [0.2, 0.25) is 0 Å². The minimum absolute atomic E-state index is 0.00656. The summed E-state index contributed by atoms with van der Waals surface area (Å²) < 4.78 is 6.85. The Labute approximate surface area is 230 Å². The number of anilines is 2. The molecule has 0 radical (unpaired) electrons. The van der Waals surface area contributed by atoms with Crippen LogP contribution in [0.25, 0.3) is 5.69 Å². The molecule has 39 heavy (non-hydrogen) atoms. The van der Waals surface area contributed by atoms with Crippen LogP contribution >= 0.6 is 12.2 Å². The first kappa shape index (κ1) is 26.0. The van der Waals surface area contributed by atoms with Crippen molar-refractivity contribution in [1.82, 2.24) is 14.9 Å². The van der Waals surface area contributed by atoms with Gasteiger partial charge in [0.05, 0.1) is 22.3 Å². The molecule has 3 heterocycles. The zero-order chi connectivity index (χ0) is 27.5. The van der Waals surface area contributed by atoms with E-state index in [2.05, 4.69) is 15.6 Å². The molecule has 2 aromatic carbocycles. The number of carbonyl (C=O) groups is 1. The summed E-state index contributed by atoms with van der Waals surface area (Å²) >= 11 is 5.85. The van der Waals surface area contributed by atoms with E-state index in [1.165, 1.54) is 13.2 Å². The smallest absolute Gasteiger partial charge is 0.271 e. The van der Waals surface area contributed by atoms with Crippen LogP contribution in [0.5, 0.6) is 0 Å². The maximum Gasteiger partial charge on any atom is 0.271 e. The second-order valence-electron chi connectivity index (χ2n) is 9.06. The molecule has 0 bridgehead atoms. The maximum absolute atomic E-state index is 12.1. The number of non-ortho nitro benzene ring substituents is 1. The lowest BCUT2D eigenvalue weighted by atomic mass is 10.00. The van der Waals surface area contributed by atoms with Gasteiger partial charge in [-0.05, 0) is 73.2 Å². The SMILES string of the molecule is COCC(=O)Nc1ccc(N2C(=S)N[C@@H](c3ccccn3)[C@@H]2c2cccn2-c2cccc([N+](=O)[O-])c2)cc1C. The molecule has 1 aliphatic rings. The van der Waals surface area contributed by atoms with Gasteiger partial charge in [-0.3, -0.25) is 19.9 Å². The first-order valence-corrected chi connectivity index (χ1v) is 12.6. The van der Waals surface area contributed by atoms with Crippen molar-refractivity contribution in [2.75, 3.05) is 23.9 Å². The molecule has 2 N–H and O–H groups in total. The van der Waals surface area contributed by atoms with Gasteiger partial charge in [0.2, 0.25) is 5.91 Å². The van der Waals surface area contributed by atoms with Crippen molar-refractivity contribution in [3.63, 3.8) is 0 Å². The van der Waals surface area contributed by atoms with Gasteiger partial charge in [-0.2, -0.15) is 0 Å². The number of carbonyl (C=O) groups excluding carboxylic acids is 1. The summed E-state index contributed by atoms with van der Waals surface area (Å²) in [6, 6.07) is 21.2. The van der Waals surface area contributed by atoms with Crippen LogP contribution in [0.15, 0.2) is 85.2 Å². The normalized spacial score (nSPS) is 16.7. The second kappa shape index (κ2) is 11.0. The number of nitrogens with one attached hydrogen (secondary N) is 2. The highest BCUT2D eigenvalue weighted by molar-refractivity contribution is 7.80. The molecular weight excluding hydrogens is 516 g/mol. The van der Waals surface area contributed by atoms with Gasteiger partial charge in [0.15, 0.2) is 5.11 Å². The quantitative estimate of drug-likeness (QED) is 0.185. The number of rotatable bonds is 8. The number of aromatic nitrogens is 2. The highest BCUT2D eigenvalue weighted by Crippen LogP contribution is 2.43. The summed E-state index contributed by atoms with van der Waals surface area (Å²) in [5, 5.41) is 18.3. The van der Waals surface area contributed by atoms with Crippen molar-refractivity contribution in [2.45, 2.75) is 19.0 Å². The second-order valence-corrected chi connectivity index (χ2v) is 9.44. The fourth-order valence-electron chi connectivity index (χ4n) is 4.82. The van der Waals surface area contributed by atoms with Gasteiger partial charge >= 0.3 is 0 Å². The molecule has 1 aliphatic heterocycles. The Balaban J connectivity index is 1.60. The van der Waals surface area contributed by atoms with Crippen LogP contribution in [-0.4, -0.2) is 39.2 Å². The molecule has 0 spiro atoms. The van der Waals surface area contributed by atoms with Crippen molar-refractivity contribution >= 4 is 40.3 Å². The topological polar surface area (TPSA) is 115 Å². The van der Waals surface area contributed by atoms with Crippen LogP contribution in [0.1, 0.15) is 29.0 Å². The minimum atomic E-state index is -0.405. The molecule has 1 amide bonds. The molecule has 11 heteroatoms. The van der Waals surface area contributed by atoms with Gasteiger partial charge in [-0.25, -0.2) is 0 Å². The van der Waals surface area contributed by atoms with Gasteiger partial charge in [0, 0.05) is 48.7 Å². The molecule has 0 saturated carbocycles. The van der Waals surface area contributed by atoms with Gasteiger partial charge in [-0.15, -0.1) is 0 Å². The number of nitro benzene ring substituents is 1. The number of aryl methyl sites for hydroxylation is 1. The van der Waals surface area contributed by atoms with Crippen molar-refractivity contribution in [2.24, 2.45) is 0 Å². The summed E-state index contributed by atoms with van der Waals surface area (Å²) in [5.74, 6) is -0.241. The van der Waals surface area contributed by atoms with Crippen LogP contribution in [0.3, 0.4) is 0 Å².